The highest BCUT2D eigenvalue weighted by atomic mass is 35.5. The number of hydrogen-bond donors (Lipinski definition) is 0. The van der Waals surface area contributed by atoms with Crippen LogP contribution in [0.3, 0.4) is 0 Å². The van der Waals surface area contributed by atoms with Gasteiger partial charge >= 0.3 is 0 Å². The summed E-state index contributed by atoms with van der Waals surface area (Å²) in [7, 11) is 0. The molecular formula is C5H6ClN. The first-order chi connectivity index (χ1) is 3.31. The molecule has 0 heterocycles. The molecule has 1 nitrogen and oxygen atoms in total. The van der Waals surface area contributed by atoms with E-state index in [4.69, 9.17) is 16.9 Å². The fraction of sp³-hybridized carbons (Fsp3) is 0.400. The largest absolute Gasteiger partial charge is 0.198 e. The van der Waals surface area contributed by atoms with E-state index in [9.17, 15) is 0 Å². The molecule has 38 valence electrons. The zero-order chi connectivity index (χ0) is 5.70. The van der Waals surface area contributed by atoms with Crippen molar-refractivity contribution in [1.29, 1.82) is 5.26 Å². The van der Waals surface area contributed by atoms with Crippen molar-refractivity contribution in [2.45, 2.75) is 13.3 Å². The maximum absolute atomic E-state index is 8.02. The molecular weight excluding hydrogens is 110 g/mol. The number of rotatable bonds is 1. The molecule has 0 atom stereocenters. The lowest BCUT2D eigenvalue weighted by atomic mass is 10.3. The second-order valence-corrected chi connectivity index (χ2v) is 1.51. The molecule has 0 bridgehead atoms. The summed E-state index contributed by atoms with van der Waals surface area (Å²) in [4.78, 5) is 0. The van der Waals surface area contributed by atoms with Crippen LogP contribution in [0.25, 0.3) is 0 Å². The van der Waals surface area contributed by atoms with Gasteiger partial charge in [0.25, 0.3) is 0 Å². The Morgan fingerprint density at radius 2 is 2.57 bits per heavy atom. The minimum Gasteiger partial charge on any atom is -0.198 e. The van der Waals surface area contributed by atoms with Crippen molar-refractivity contribution in [3.63, 3.8) is 0 Å². The predicted octanol–water partition coefficient (Wildman–Crippen LogP) is 2.04. The average Bonchev–Trinajstić information content (AvgIpc) is 1.68. The van der Waals surface area contributed by atoms with Crippen molar-refractivity contribution in [2.24, 2.45) is 0 Å². The predicted molar refractivity (Wildman–Crippen MR) is 29.8 cm³/mol. The summed E-state index contributed by atoms with van der Waals surface area (Å²) in [6.45, 7) is 1.82. The van der Waals surface area contributed by atoms with Gasteiger partial charge in [0.05, 0.1) is 12.5 Å². The highest BCUT2D eigenvalue weighted by Crippen LogP contribution is 1.97. The standard InChI is InChI=1S/C5H6ClN/c1-5(4-6)2-3-7/h4H,2H2,1H3/b5-4-. The van der Waals surface area contributed by atoms with Gasteiger partial charge in [-0.25, -0.2) is 0 Å². The van der Waals surface area contributed by atoms with Gasteiger partial charge in [-0.05, 0) is 12.5 Å². The van der Waals surface area contributed by atoms with Crippen molar-refractivity contribution in [3.8, 4) is 6.07 Å². The SMILES string of the molecule is C/C(=C/Cl)CC#N. The smallest absolute Gasteiger partial charge is 0.0666 e. The number of halogens is 1. The molecule has 0 aromatic heterocycles. The Labute approximate surface area is 48.2 Å². The van der Waals surface area contributed by atoms with Crippen LogP contribution in [0.5, 0.6) is 0 Å². The number of nitrogens with zero attached hydrogens (tertiary/aromatic N) is 1. The maximum atomic E-state index is 8.02. The Morgan fingerprint density at radius 3 is 2.71 bits per heavy atom. The quantitative estimate of drug-likeness (QED) is 0.513. The van der Waals surface area contributed by atoms with Crippen LogP contribution in [0.15, 0.2) is 11.1 Å². The van der Waals surface area contributed by atoms with Crippen molar-refractivity contribution < 1.29 is 0 Å². The summed E-state index contributed by atoms with van der Waals surface area (Å²) < 4.78 is 0. The first-order valence-corrected chi connectivity index (χ1v) is 2.37. The lowest BCUT2D eigenvalue weighted by Crippen LogP contribution is -1.66. The molecule has 0 aromatic rings. The molecule has 0 spiro atoms. The molecule has 7 heavy (non-hydrogen) atoms. The Balaban J connectivity index is 3.43. The molecule has 0 aromatic carbocycles. The fourth-order valence-corrected chi connectivity index (χ4v) is 0.240. The van der Waals surface area contributed by atoms with E-state index in [0.717, 1.165) is 5.57 Å². The van der Waals surface area contributed by atoms with Crippen molar-refractivity contribution in [2.75, 3.05) is 0 Å². The fourth-order valence-electron chi connectivity index (χ4n) is 0.163. The van der Waals surface area contributed by atoms with Gasteiger partial charge in [-0.3, -0.25) is 0 Å². The summed E-state index contributed by atoms with van der Waals surface area (Å²) >= 11 is 5.22. The van der Waals surface area contributed by atoms with Crippen LogP contribution >= 0.6 is 11.6 Å². The monoisotopic (exact) mass is 115 g/mol. The van der Waals surface area contributed by atoms with Crippen molar-refractivity contribution >= 4 is 11.6 Å². The first kappa shape index (κ1) is 6.52. The molecule has 0 aliphatic heterocycles. The highest BCUT2D eigenvalue weighted by Gasteiger charge is 1.80. The Morgan fingerprint density at radius 1 is 2.00 bits per heavy atom. The van der Waals surface area contributed by atoms with Crippen LogP contribution in [0.4, 0.5) is 0 Å². The van der Waals surface area contributed by atoms with Crippen LogP contribution in [-0.4, -0.2) is 0 Å². The molecule has 0 fully saturated rings. The lowest BCUT2D eigenvalue weighted by molar-refractivity contribution is 1.22. The minimum absolute atomic E-state index is 0.434. The van der Waals surface area contributed by atoms with Crippen molar-refractivity contribution in [3.05, 3.63) is 11.1 Å². The number of nitriles is 1. The third kappa shape index (κ3) is 3.35. The molecule has 2 heteroatoms. The van der Waals surface area contributed by atoms with Gasteiger partial charge in [0.2, 0.25) is 0 Å². The Hall–Kier alpha value is -0.480. The first-order valence-electron chi connectivity index (χ1n) is 1.94. The maximum Gasteiger partial charge on any atom is 0.0666 e. The summed E-state index contributed by atoms with van der Waals surface area (Å²) in [6.07, 6.45) is 0.434. The van der Waals surface area contributed by atoms with Gasteiger partial charge in [-0.15, -0.1) is 0 Å². The van der Waals surface area contributed by atoms with Gasteiger partial charge in [-0.2, -0.15) is 5.26 Å². The molecule has 0 aliphatic carbocycles. The summed E-state index contributed by atoms with van der Waals surface area (Å²) in [5, 5.41) is 8.02. The molecule has 0 N–H and O–H groups in total. The summed E-state index contributed by atoms with van der Waals surface area (Å²) in [5.74, 6) is 0. The van der Waals surface area contributed by atoms with Gasteiger partial charge in [-0.1, -0.05) is 11.6 Å². The topological polar surface area (TPSA) is 23.8 Å². The van der Waals surface area contributed by atoms with Gasteiger partial charge < -0.3 is 0 Å². The minimum atomic E-state index is 0.434. The molecule has 0 amide bonds. The summed E-state index contributed by atoms with van der Waals surface area (Å²) in [6, 6.07) is 1.97. The average molecular weight is 116 g/mol. The second-order valence-electron chi connectivity index (χ2n) is 1.29. The van der Waals surface area contributed by atoms with E-state index in [1.165, 1.54) is 5.54 Å². The van der Waals surface area contributed by atoms with Crippen LogP contribution in [0.1, 0.15) is 13.3 Å². The van der Waals surface area contributed by atoms with E-state index in [0.29, 0.717) is 6.42 Å². The zero-order valence-corrected chi connectivity index (χ0v) is 4.87. The molecule has 0 saturated carbocycles. The van der Waals surface area contributed by atoms with E-state index in [1.54, 1.807) is 0 Å². The highest BCUT2D eigenvalue weighted by molar-refractivity contribution is 6.25. The Bertz CT molecular complexity index is 110. The lowest BCUT2D eigenvalue weighted by Gasteiger charge is -1.81. The van der Waals surface area contributed by atoms with Crippen LogP contribution < -0.4 is 0 Å². The molecule has 0 saturated heterocycles. The third-order valence-electron chi connectivity index (χ3n) is 0.544. The van der Waals surface area contributed by atoms with Crippen LogP contribution in [0, 0.1) is 11.3 Å². The Kier molecular flexibility index (Phi) is 3.45. The molecule has 0 aliphatic rings. The van der Waals surface area contributed by atoms with Gasteiger partial charge in [0.1, 0.15) is 0 Å². The normalized spacial score (nSPS) is 10.7. The molecule has 0 radical (unpaired) electrons. The summed E-state index contributed by atoms with van der Waals surface area (Å²) in [5.41, 5.74) is 2.33. The van der Waals surface area contributed by atoms with E-state index in [1.807, 2.05) is 13.0 Å². The van der Waals surface area contributed by atoms with E-state index in [-0.39, 0.29) is 0 Å². The molecule has 0 rings (SSSR count). The van der Waals surface area contributed by atoms with Crippen LogP contribution in [0.2, 0.25) is 0 Å². The van der Waals surface area contributed by atoms with Crippen molar-refractivity contribution in [1.82, 2.24) is 0 Å². The van der Waals surface area contributed by atoms with E-state index >= 15 is 0 Å². The molecule has 0 unspecified atom stereocenters. The van der Waals surface area contributed by atoms with Crippen LogP contribution in [-0.2, 0) is 0 Å². The third-order valence-corrected chi connectivity index (χ3v) is 0.917. The van der Waals surface area contributed by atoms with E-state index in [2.05, 4.69) is 0 Å². The van der Waals surface area contributed by atoms with Gasteiger partial charge in [0, 0.05) is 5.54 Å². The van der Waals surface area contributed by atoms with Gasteiger partial charge in [0.15, 0.2) is 0 Å². The second kappa shape index (κ2) is 3.70. The van der Waals surface area contributed by atoms with E-state index < -0.39 is 0 Å². The number of hydrogen-bond acceptors (Lipinski definition) is 1. The number of allylic oxidation sites excluding steroid dienone is 1. The zero-order valence-electron chi connectivity index (χ0n) is 4.11.